The quantitative estimate of drug-likeness (QED) is 0.575. The van der Waals surface area contributed by atoms with Crippen molar-refractivity contribution in [3.63, 3.8) is 0 Å². The van der Waals surface area contributed by atoms with Gasteiger partial charge in [0.1, 0.15) is 5.82 Å². The van der Waals surface area contributed by atoms with Crippen molar-refractivity contribution in [2.45, 2.75) is 18.4 Å². The Morgan fingerprint density at radius 2 is 1.70 bits per heavy atom. The van der Waals surface area contributed by atoms with Gasteiger partial charge in [0, 0.05) is 18.9 Å². The molecule has 1 N–H and O–H groups in total. The molecule has 0 unspecified atom stereocenters. The molecule has 0 saturated heterocycles. The van der Waals surface area contributed by atoms with Gasteiger partial charge in [0.05, 0.1) is 10.6 Å². The van der Waals surface area contributed by atoms with E-state index in [9.17, 15) is 8.42 Å². The molecule has 27 heavy (non-hydrogen) atoms. The van der Waals surface area contributed by atoms with Crippen LogP contribution in [0.15, 0.2) is 84.0 Å². The molecule has 0 saturated carbocycles. The molecule has 1 heterocycles. The molecule has 1 aromatic heterocycles. The van der Waals surface area contributed by atoms with Gasteiger partial charge in [0.2, 0.25) is 10.0 Å². The fourth-order valence-corrected chi connectivity index (χ4v) is 4.16. The number of nitrogens with one attached hydrogen (secondary N) is 1. The zero-order valence-electron chi connectivity index (χ0n) is 14.8. The van der Waals surface area contributed by atoms with Crippen LogP contribution >= 0.6 is 0 Å². The minimum absolute atomic E-state index is 0.197. The Morgan fingerprint density at radius 3 is 2.48 bits per heavy atom. The van der Waals surface area contributed by atoms with Crippen molar-refractivity contribution in [2.24, 2.45) is 0 Å². The molecule has 4 rings (SSSR count). The standard InChI is InChI=1S/C21H19N3O2S/c1-16-22-12-13-24(16)21-9-5-4-8-19(21)15-23-27(25,26)20-11-10-17-6-2-3-7-18(17)14-20/h2-14,23H,15H2,1H3. The number of aryl methyl sites for hydroxylation is 1. The maximum atomic E-state index is 12.8. The first-order valence-electron chi connectivity index (χ1n) is 8.61. The topological polar surface area (TPSA) is 64.0 Å². The summed E-state index contributed by atoms with van der Waals surface area (Å²) >= 11 is 0. The highest BCUT2D eigenvalue weighted by atomic mass is 32.2. The van der Waals surface area contributed by atoms with E-state index < -0.39 is 10.0 Å². The van der Waals surface area contributed by atoms with Gasteiger partial charge in [-0.05, 0) is 41.5 Å². The lowest BCUT2D eigenvalue weighted by Crippen LogP contribution is -2.24. The van der Waals surface area contributed by atoms with Crippen LogP contribution in [0.1, 0.15) is 11.4 Å². The lowest BCUT2D eigenvalue weighted by molar-refractivity contribution is 0.581. The van der Waals surface area contributed by atoms with Gasteiger partial charge in [-0.2, -0.15) is 0 Å². The number of benzene rings is 3. The van der Waals surface area contributed by atoms with Gasteiger partial charge < -0.3 is 4.57 Å². The van der Waals surface area contributed by atoms with Gasteiger partial charge in [-0.3, -0.25) is 0 Å². The van der Waals surface area contributed by atoms with Crippen LogP contribution in [-0.4, -0.2) is 18.0 Å². The van der Waals surface area contributed by atoms with E-state index in [0.717, 1.165) is 27.8 Å². The van der Waals surface area contributed by atoms with Crippen LogP contribution in [0.5, 0.6) is 0 Å². The van der Waals surface area contributed by atoms with Crippen molar-refractivity contribution < 1.29 is 8.42 Å². The summed E-state index contributed by atoms with van der Waals surface area (Å²) in [6.45, 7) is 2.11. The molecular formula is C21H19N3O2S. The predicted molar refractivity (Wildman–Crippen MR) is 106 cm³/mol. The lowest BCUT2D eigenvalue weighted by atomic mass is 10.1. The SMILES string of the molecule is Cc1nccn1-c1ccccc1CNS(=O)(=O)c1ccc2ccccc2c1. The molecule has 0 aliphatic heterocycles. The van der Waals surface area contributed by atoms with E-state index in [1.54, 1.807) is 18.3 Å². The minimum Gasteiger partial charge on any atom is -0.304 e. The average molecular weight is 377 g/mol. The molecule has 4 aromatic rings. The molecule has 0 radical (unpaired) electrons. The number of imidazole rings is 1. The number of para-hydroxylation sites is 1. The van der Waals surface area contributed by atoms with Crippen LogP contribution in [0, 0.1) is 6.92 Å². The number of rotatable bonds is 5. The molecule has 0 bridgehead atoms. The maximum absolute atomic E-state index is 12.8. The van der Waals surface area contributed by atoms with Crippen molar-refractivity contribution in [1.29, 1.82) is 0 Å². The first-order valence-corrected chi connectivity index (χ1v) is 10.1. The van der Waals surface area contributed by atoms with E-state index in [2.05, 4.69) is 9.71 Å². The molecule has 0 atom stereocenters. The third kappa shape index (κ3) is 3.49. The van der Waals surface area contributed by atoms with E-state index in [4.69, 9.17) is 0 Å². The highest BCUT2D eigenvalue weighted by Crippen LogP contribution is 2.20. The first kappa shape index (κ1) is 17.5. The fraction of sp³-hybridized carbons (Fsp3) is 0.0952. The normalized spacial score (nSPS) is 11.7. The molecular weight excluding hydrogens is 358 g/mol. The molecule has 6 heteroatoms. The van der Waals surface area contributed by atoms with Crippen LogP contribution in [-0.2, 0) is 16.6 Å². The molecule has 5 nitrogen and oxygen atoms in total. The van der Waals surface area contributed by atoms with E-state index >= 15 is 0 Å². The summed E-state index contributed by atoms with van der Waals surface area (Å²) in [6.07, 6.45) is 3.59. The Morgan fingerprint density at radius 1 is 0.963 bits per heavy atom. The van der Waals surface area contributed by atoms with Crippen molar-refractivity contribution >= 4 is 20.8 Å². The largest absolute Gasteiger partial charge is 0.304 e. The molecule has 0 aliphatic carbocycles. The molecule has 0 amide bonds. The average Bonchev–Trinajstić information content (AvgIpc) is 3.12. The number of aromatic nitrogens is 2. The summed E-state index contributed by atoms with van der Waals surface area (Å²) in [5, 5.41) is 1.91. The molecule has 0 fully saturated rings. The number of fused-ring (bicyclic) bond motifs is 1. The Kier molecular flexibility index (Phi) is 4.51. The number of sulfonamides is 1. The second-order valence-corrected chi connectivity index (χ2v) is 8.07. The molecule has 0 aliphatic rings. The van der Waals surface area contributed by atoms with Crippen LogP contribution in [0.3, 0.4) is 0 Å². The summed E-state index contributed by atoms with van der Waals surface area (Å²) < 4.78 is 30.2. The zero-order chi connectivity index (χ0) is 18.9. The number of nitrogens with zero attached hydrogens (tertiary/aromatic N) is 2. The maximum Gasteiger partial charge on any atom is 0.240 e. The van der Waals surface area contributed by atoms with Crippen LogP contribution in [0.2, 0.25) is 0 Å². The van der Waals surface area contributed by atoms with Crippen LogP contribution in [0.4, 0.5) is 0 Å². The summed E-state index contributed by atoms with van der Waals surface area (Å²) in [6, 6.07) is 20.6. The number of hydrogen-bond acceptors (Lipinski definition) is 3. The van der Waals surface area contributed by atoms with Gasteiger partial charge in [0.15, 0.2) is 0 Å². The lowest BCUT2D eigenvalue weighted by Gasteiger charge is -2.13. The summed E-state index contributed by atoms with van der Waals surface area (Å²) in [5.41, 5.74) is 1.79. The summed E-state index contributed by atoms with van der Waals surface area (Å²) in [7, 11) is -3.62. The van der Waals surface area contributed by atoms with E-state index in [1.807, 2.05) is 72.3 Å². The van der Waals surface area contributed by atoms with Crippen molar-refractivity contribution in [2.75, 3.05) is 0 Å². The van der Waals surface area contributed by atoms with Gasteiger partial charge >= 0.3 is 0 Å². The third-order valence-electron chi connectivity index (χ3n) is 4.56. The summed E-state index contributed by atoms with van der Waals surface area (Å²) in [5.74, 6) is 0.847. The van der Waals surface area contributed by atoms with Crippen LogP contribution < -0.4 is 4.72 Å². The zero-order valence-corrected chi connectivity index (χ0v) is 15.6. The Bertz CT molecular complexity index is 1210. The smallest absolute Gasteiger partial charge is 0.240 e. The Balaban J connectivity index is 1.62. The second-order valence-electron chi connectivity index (χ2n) is 6.31. The van der Waals surface area contributed by atoms with Gasteiger partial charge in [-0.1, -0.05) is 48.5 Å². The monoisotopic (exact) mass is 377 g/mol. The minimum atomic E-state index is -3.62. The summed E-state index contributed by atoms with van der Waals surface area (Å²) in [4.78, 5) is 4.51. The molecule has 3 aromatic carbocycles. The van der Waals surface area contributed by atoms with E-state index in [1.165, 1.54) is 0 Å². The van der Waals surface area contributed by atoms with Gasteiger partial charge in [0.25, 0.3) is 0 Å². The van der Waals surface area contributed by atoms with Crippen molar-refractivity contribution in [3.8, 4) is 5.69 Å². The molecule has 0 spiro atoms. The highest BCUT2D eigenvalue weighted by Gasteiger charge is 2.15. The van der Waals surface area contributed by atoms with Crippen molar-refractivity contribution in [1.82, 2.24) is 14.3 Å². The second kappa shape index (κ2) is 6.98. The number of hydrogen-bond donors (Lipinski definition) is 1. The first-order chi connectivity index (χ1) is 13.0. The third-order valence-corrected chi connectivity index (χ3v) is 5.96. The van der Waals surface area contributed by atoms with Gasteiger partial charge in [-0.15, -0.1) is 0 Å². The molecule has 136 valence electrons. The van der Waals surface area contributed by atoms with Crippen LogP contribution in [0.25, 0.3) is 16.5 Å². The predicted octanol–water partition coefficient (Wildman–Crippen LogP) is 3.81. The Labute approximate surface area is 158 Å². The van der Waals surface area contributed by atoms with E-state index in [-0.39, 0.29) is 11.4 Å². The fourth-order valence-electron chi connectivity index (χ4n) is 3.12. The van der Waals surface area contributed by atoms with Crippen molar-refractivity contribution in [3.05, 3.63) is 90.5 Å². The highest BCUT2D eigenvalue weighted by molar-refractivity contribution is 7.89. The van der Waals surface area contributed by atoms with Gasteiger partial charge in [-0.25, -0.2) is 18.1 Å². The van der Waals surface area contributed by atoms with E-state index in [0.29, 0.717) is 0 Å². The Hall–Kier alpha value is -2.96.